The van der Waals surface area contributed by atoms with Gasteiger partial charge >= 0.3 is 0 Å². The minimum absolute atomic E-state index is 0.147. The van der Waals surface area contributed by atoms with E-state index in [4.69, 9.17) is 0 Å². The minimum Gasteiger partial charge on any atom is -0.311 e. The zero-order chi connectivity index (χ0) is 22.6. The first-order valence-corrected chi connectivity index (χ1v) is 10.6. The molecule has 0 aromatic carbocycles. The lowest BCUT2D eigenvalue weighted by molar-refractivity contribution is 0.0972. The average molecular weight is 419 g/mol. The Bertz CT molecular complexity index is 1200. The van der Waals surface area contributed by atoms with Gasteiger partial charge in [0, 0.05) is 6.08 Å². The molecule has 1 N–H and O–H groups in total. The molecule has 3 rings (SSSR count). The van der Waals surface area contributed by atoms with Gasteiger partial charge in [0.05, 0.1) is 6.33 Å². The molecule has 6 nitrogen and oxygen atoms in total. The van der Waals surface area contributed by atoms with Crippen LogP contribution in [0.25, 0.3) is 11.2 Å². The second-order valence-corrected chi connectivity index (χ2v) is 8.78. The van der Waals surface area contributed by atoms with Crippen molar-refractivity contribution in [3.63, 3.8) is 0 Å². The maximum atomic E-state index is 12.5. The van der Waals surface area contributed by atoms with E-state index >= 15 is 0 Å². The van der Waals surface area contributed by atoms with Gasteiger partial charge in [0.2, 0.25) is 0 Å². The lowest BCUT2D eigenvalue weighted by Crippen LogP contribution is -2.19. The van der Waals surface area contributed by atoms with Gasteiger partial charge in [0.1, 0.15) is 6.33 Å². The van der Waals surface area contributed by atoms with Gasteiger partial charge in [-0.25, -0.2) is 14.5 Å². The number of carbonyl (C=O) groups excluding carboxylic acids is 1. The van der Waals surface area contributed by atoms with Gasteiger partial charge in [-0.3, -0.25) is 9.59 Å². The van der Waals surface area contributed by atoms with E-state index in [9.17, 15) is 9.59 Å². The van der Waals surface area contributed by atoms with Gasteiger partial charge < -0.3 is 4.98 Å². The third-order valence-electron chi connectivity index (χ3n) is 5.70. The number of fused-ring (bicyclic) bond motifs is 1. The maximum Gasteiger partial charge on any atom is 0.278 e. The molecule has 2 aromatic heterocycles. The highest BCUT2D eigenvalue weighted by Gasteiger charge is 2.26. The molecule has 0 atom stereocenters. The molecule has 0 saturated heterocycles. The van der Waals surface area contributed by atoms with Crippen LogP contribution in [-0.4, -0.2) is 25.4 Å². The van der Waals surface area contributed by atoms with E-state index in [1.165, 1.54) is 53.7 Å². The van der Waals surface area contributed by atoms with E-state index < -0.39 is 0 Å². The number of carbonyl (C=O) groups is 1. The summed E-state index contributed by atoms with van der Waals surface area (Å²) in [5.41, 5.74) is 5.11. The molecule has 0 fully saturated rings. The molecule has 162 valence electrons. The van der Waals surface area contributed by atoms with Gasteiger partial charge in [-0.2, -0.15) is 0 Å². The number of nitrogens with one attached hydrogen (secondary N) is 1. The smallest absolute Gasteiger partial charge is 0.278 e. The van der Waals surface area contributed by atoms with Gasteiger partial charge in [0.25, 0.3) is 11.5 Å². The van der Waals surface area contributed by atoms with Gasteiger partial charge in [0.15, 0.2) is 11.2 Å². The number of aromatic nitrogens is 4. The molecule has 0 radical (unpaired) electrons. The van der Waals surface area contributed by atoms with Crippen molar-refractivity contribution in [3.8, 4) is 0 Å². The molecule has 0 bridgehead atoms. The van der Waals surface area contributed by atoms with Gasteiger partial charge in [-0.1, -0.05) is 55.4 Å². The molecule has 31 heavy (non-hydrogen) atoms. The van der Waals surface area contributed by atoms with Crippen LogP contribution in [0.3, 0.4) is 0 Å². The van der Waals surface area contributed by atoms with Crippen LogP contribution in [0.2, 0.25) is 0 Å². The number of aromatic amines is 1. The van der Waals surface area contributed by atoms with Crippen molar-refractivity contribution in [2.75, 3.05) is 0 Å². The largest absolute Gasteiger partial charge is 0.311 e. The van der Waals surface area contributed by atoms with Gasteiger partial charge in [-0.05, 0) is 56.6 Å². The summed E-state index contributed by atoms with van der Waals surface area (Å²) in [6.45, 7) is 10.8. The Morgan fingerprint density at radius 3 is 2.71 bits per heavy atom. The van der Waals surface area contributed by atoms with Crippen LogP contribution in [0.4, 0.5) is 0 Å². The van der Waals surface area contributed by atoms with E-state index in [1.807, 2.05) is 25.2 Å². The first-order valence-electron chi connectivity index (χ1n) is 10.6. The lowest BCUT2D eigenvalue weighted by atomic mass is 9.72. The van der Waals surface area contributed by atoms with Crippen molar-refractivity contribution < 1.29 is 4.79 Å². The van der Waals surface area contributed by atoms with Crippen LogP contribution in [-0.2, 0) is 0 Å². The average Bonchev–Trinajstić information content (AvgIpc) is 3.12. The molecule has 0 aliphatic heterocycles. The fraction of sp³-hybridized carbons (Fsp3) is 0.360. The topological polar surface area (TPSA) is 80.6 Å². The molecule has 0 spiro atoms. The van der Waals surface area contributed by atoms with Crippen LogP contribution < -0.4 is 5.56 Å². The molecule has 2 aromatic rings. The predicted molar refractivity (Wildman–Crippen MR) is 125 cm³/mol. The van der Waals surface area contributed by atoms with Crippen LogP contribution in [0.15, 0.2) is 76.2 Å². The number of H-pyrrole nitrogens is 1. The standard InChI is InChI=1S/C25H30N4O2/c1-17(11-12-20-19(3)10-7-13-25(20,4)5)8-6-9-18(2)14-21(30)29-16-28-22-23(29)26-15-27-24(22)31/h6,8-9,11-12,14-16H,7,10,13H2,1-5H3,(H,26,27,31)/b9-6+,12-11+,17-8+,18-14+. The Hall–Kier alpha value is -3.28. The third-order valence-corrected chi connectivity index (χ3v) is 5.70. The Morgan fingerprint density at radius 2 is 1.97 bits per heavy atom. The van der Waals surface area contributed by atoms with Crippen LogP contribution in [0.5, 0.6) is 0 Å². The highest BCUT2D eigenvalue weighted by Crippen LogP contribution is 2.40. The maximum absolute atomic E-state index is 12.5. The second kappa shape index (κ2) is 9.25. The minimum atomic E-state index is -0.367. The Balaban J connectivity index is 1.70. The second-order valence-electron chi connectivity index (χ2n) is 8.78. The summed E-state index contributed by atoms with van der Waals surface area (Å²) in [6, 6.07) is 0. The number of hydrogen-bond acceptors (Lipinski definition) is 4. The van der Waals surface area contributed by atoms with Crippen molar-refractivity contribution in [3.05, 3.63) is 81.8 Å². The number of allylic oxidation sites excluding steroid dienone is 10. The highest BCUT2D eigenvalue weighted by atomic mass is 16.2. The van der Waals surface area contributed by atoms with Crippen LogP contribution in [0, 0.1) is 5.41 Å². The van der Waals surface area contributed by atoms with Gasteiger partial charge in [-0.15, -0.1) is 0 Å². The van der Waals surface area contributed by atoms with Crippen molar-refractivity contribution in [2.45, 2.75) is 53.9 Å². The molecule has 0 amide bonds. The van der Waals surface area contributed by atoms with Crippen LogP contribution in [0.1, 0.15) is 58.7 Å². The van der Waals surface area contributed by atoms with E-state index in [0.29, 0.717) is 0 Å². The van der Waals surface area contributed by atoms with Crippen molar-refractivity contribution in [1.29, 1.82) is 0 Å². The zero-order valence-electron chi connectivity index (χ0n) is 18.9. The summed E-state index contributed by atoms with van der Waals surface area (Å²) in [6.07, 6.45) is 18.0. The van der Waals surface area contributed by atoms with E-state index in [0.717, 1.165) is 11.1 Å². The number of hydrogen-bond donors (Lipinski definition) is 1. The highest BCUT2D eigenvalue weighted by molar-refractivity contribution is 5.96. The lowest BCUT2D eigenvalue weighted by Gasteiger charge is -2.32. The summed E-state index contributed by atoms with van der Waals surface area (Å²) in [4.78, 5) is 34.7. The molecular weight excluding hydrogens is 388 g/mol. The van der Waals surface area contributed by atoms with Crippen molar-refractivity contribution >= 4 is 17.1 Å². The fourth-order valence-corrected chi connectivity index (χ4v) is 3.95. The first-order chi connectivity index (χ1) is 14.7. The number of imidazole rings is 1. The SMILES string of the molecule is CC1=C(/C=C/C(C)=C/C=C/C(C)=C/C(=O)n2cnc3c(=O)[nH]cnc32)C(C)(C)CCC1. The zero-order valence-corrected chi connectivity index (χ0v) is 18.9. The van der Waals surface area contributed by atoms with Crippen molar-refractivity contribution in [1.82, 2.24) is 19.5 Å². The number of rotatable bonds is 5. The number of nitrogens with zero attached hydrogens (tertiary/aromatic N) is 3. The van der Waals surface area contributed by atoms with Crippen LogP contribution >= 0.6 is 0 Å². The van der Waals surface area contributed by atoms with Crippen molar-refractivity contribution in [2.24, 2.45) is 5.41 Å². The predicted octanol–water partition coefficient (Wildman–Crippen LogP) is 5.29. The van der Waals surface area contributed by atoms with E-state index in [1.54, 1.807) is 0 Å². The normalized spacial score (nSPS) is 18.0. The quantitative estimate of drug-likeness (QED) is 0.528. The molecule has 6 heteroatoms. The monoisotopic (exact) mass is 418 g/mol. The fourth-order valence-electron chi connectivity index (χ4n) is 3.95. The Labute approximate surface area is 182 Å². The molecule has 1 aliphatic rings. The molecule has 0 saturated carbocycles. The molecule has 2 heterocycles. The third kappa shape index (κ3) is 5.26. The molecule has 0 unspecified atom stereocenters. The summed E-state index contributed by atoms with van der Waals surface area (Å²) in [5, 5.41) is 0. The summed E-state index contributed by atoms with van der Waals surface area (Å²) in [7, 11) is 0. The molecule has 1 aliphatic carbocycles. The summed E-state index contributed by atoms with van der Waals surface area (Å²) < 4.78 is 1.27. The van der Waals surface area contributed by atoms with E-state index in [-0.39, 0.29) is 28.0 Å². The summed E-state index contributed by atoms with van der Waals surface area (Å²) in [5.74, 6) is -0.301. The Kier molecular flexibility index (Phi) is 6.68. The van der Waals surface area contributed by atoms with E-state index in [2.05, 4.69) is 54.8 Å². The summed E-state index contributed by atoms with van der Waals surface area (Å²) >= 11 is 0. The molecular formula is C25H30N4O2. The Morgan fingerprint density at radius 1 is 1.19 bits per heavy atom. The first kappa shape index (κ1) is 22.4.